The van der Waals surface area contributed by atoms with Crippen molar-refractivity contribution in [2.45, 2.75) is 6.43 Å². The molecule has 6 heteroatoms. The minimum atomic E-state index is -2.49. The first-order chi connectivity index (χ1) is 7.00. The van der Waals surface area contributed by atoms with Crippen molar-refractivity contribution in [1.82, 2.24) is 0 Å². The van der Waals surface area contributed by atoms with E-state index in [0.29, 0.717) is 5.69 Å². The highest BCUT2D eigenvalue weighted by atomic mass is 35.5. The van der Waals surface area contributed by atoms with Gasteiger partial charge in [-0.3, -0.25) is 0 Å². The fourth-order valence-corrected chi connectivity index (χ4v) is 1.23. The zero-order valence-electron chi connectivity index (χ0n) is 7.51. The van der Waals surface area contributed by atoms with Gasteiger partial charge in [0.1, 0.15) is 0 Å². The summed E-state index contributed by atoms with van der Waals surface area (Å²) in [7, 11) is 0. The predicted octanol–water partition coefficient (Wildman–Crippen LogP) is 2.72. The van der Waals surface area contributed by atoms with Gasteiger partial charge in [0, 0.05) is 0 Å². The Morgan fingerprint density at radius 1 is 1.53 bits per heavy atom. The van der Waals surface area contributed by atoms with Crippen LogP contribution in [-0.2, 0) is 0 Å². The highest BCUT2D eigenvalue weighted by Gasteiger charge is 2.08. The lowest BCUT2D eigenvalue weighted by Gasteiger charge is -2.07. The second-order valence-electron chi connectivity index (χ2n) is 2.77. The monoisotopic (exact) mass is 235 g/mol. The Morgan fingerprint density at radius 3 is 2.67 bits per heavy atom. The number of carbonyl (C=O) groups is 1. The van der Waals surface area contributed by atoms with Crippen LogP contribution in [0.1, 0.15) is 10.4 Å². The van der Waals surface area contributed by atoms with Crippen molar-refractivity contribution in [1.29, 1.82) is 0 Å². The van der Waals surface area contributed by atoms with Gasteiger partial charge in [-0.15, -0.1) is 0 Å². The van der Waals surface area contributed by atoms with Gasteiger partial charge in [-0.1, -0.05) is 11.6 Å². The Kier molecular flexibility index (Phi) is 3.85. The normalized spacial score (nSPS) is 10.4. The molecule has 15 heavy (non-hydrogen) atoms. The minimum absolute atomic E-state index is 0.0163. The summed E-state index contributed by atoms with van der Waals surface area (Å²) in [4.78, 5) is 10.5. The number of hydrogen-bond donors (Lipinski definition) is 2. The van der Waals surface area contributed by atoms with E-state index in [1.54, 1.807) is 0 Å². The molecule has 0 aliphatic carbocycles. The van der Waals surface area contributed by atoms with Crippen LogP contribution < -0.4 is 5.32 Å². The van der Waals surface area contributed by atoms with E-state index in [-0.39, 0.29) is 10.6 Å². The third kappa shape index (κ3) is 3.36. The summed E-state index contributed by atoms with van der Waals surface area (Å²) in [6.07, 6.45) is -2.49. The van der Waals surface area contributed by atoms with Gasteiger partial charge in [0.2, 0.25) is 0 Å². The van der Waals surface area contributed by atoms with Crippen molar-refractivity contribution in [3.63, 3.8) is 0 Å². The van der Waals surface area contributed by atoms with E-state index < -0.39 is 18.9 Å². The van der Waals surface area contributed by atoms with Crippen LogP contribution in [0.25, 0.3) is 0 Å². The number of aromatic carboxylic acids is 1. The second-order valence-corrected chi connectivity index (χ2v) is 3.18. The van der Waals surface area contributed by atoms with Crippen LogP contribution in [-0.4, -0.2) is 24.0 Å². The molecule has 0 fully saturated rings. The Bertz CT molecular complexity index is 371. The molecule has 1 aromatic carbocycles. The zero-order chi connectivity index (χ0) is 11.4. The van der Waals surface area contributed by atoms with Crippen molar-refractivity contribution in [2.24, 2.45) is 0 Å². The highest BCUT2D eigenvalue weighted by molar-refractivity contribution is 6.33. The number of nitrogens with one attached hydrogen (secondary N) is 1. The molecule has 0 amide bonds. The standard InChI is InChI=1S/C9H8ClF2NO2/c10-6-3-5(9(14)15)1-2-7(6)13-4-8(11)12/h1-3,8,13H,4H2,(H,14,15). The maximum absolute atomic E-state index is 11.9. The van der Waals surface area contributed by atoms with Crippen LogP contribution in [0.2, 0.25) is 5.02 Å². The lowest BCUT2D eigenvalue weighted by atomic mass is 10.2. The quantitative estimate of drug-likeness (QED) is 0.844. The van der Waals surface area contributed by atoms with Gasteiger partial charge in [-0.2, -0.15) is 0 Å². The van der Waals surface area contributed by atoms with Crippen molar-refractivity contribution >= 4 is 23.3 Å². The molecule has 0 aromatic heterocycles. The molecule has 0 spiro atoms. The number of anilines is 1. The number of halogens is 3. The lowest BCUT2D eigenvalue weighted by Crippen LogP contribution is -2.10. The molecule has 0 atom stereocenters. The molecule has 3 nitrogen and oxygen atoms in total. The van der Waals surface area contributed by atoms with Gasteiger partial charge in [0.05, 0.1) is 22.8 Å². The van der Waals surface area contributed by atoms with Gasteiger partial charge in [-0.25, -0.2) is 13.6 Å². The molecule has 0 aliphatic heterocycles. The van der Waals surface area contributed by atoms with Gasteiger partial charge in [0.25, 0.3) is 6.43 Å². The molecule has 0 radical (unpaired) electrons. The Labute approximate surface area is 89.7 Å². The Balaban J connectivity index is 2.79. The molecule has 0 heterocycles. The first-order valence-electron chi connectivity index (χ1n) is 4.05. The van der Waals surface area contributed by atoms with Gasteiger partial charge in [0.15, 0.2) is 0 Å². The SMILES string of the molecule is O=C(O)c1ccc(NCC(F)F)c(Cl)c1. The minimum Gasteiger partial charge on any atom is -0.478 e. The summed E-state index contributed by atoms with van der Waals surface area (Å²) in [6.45, 7) is -0.522. The van der Waals surface area contributed by atoms with E-state index in [9.17, 15) is 13.6 Å². The highest BCUT2D eigenvalue weighted by Crippen LogP contribution is 2.23. The van der Waals surface area contributed by atoms with Gasteiger partial charge >= 0.3 is 5.97 Å². The van der Waals surface area contributed by atoms with E-state index in [1.807, 2.05) is 0 Å². The second kappa shape index (κ2) is 4.93. The van der Waals surface area contributed by atoms with E-state index in [2.05, 4.69) is 5.32 Å². The van der Waals surface area contributed by atoms with Gasteiger partial charge in [-0.05, 0) is 18.2 Å². The summed E-state index contributed by atoms with van der Waals surface area (Å²) in [6, 6.07) is 3.86. The van der Waals surface area contributed by atoms with E-state index in [1.165, 1.54) is 18.2 Å². The molecular weight excluding hydrogens is 228 g/mol. The number of hydrogen-bond acceptors (Lipinski definition) is 2. The van der Waals surface area contributed by atoms with Crippen LogP contribution in [0.3, 0.4) is 0 Å². The van der Waals surface area contributed by atoms with Crippen LogP contribution in [0.5, 0.6) is 0 Å². The molecule has 0 unspecified atom stereocenters. The van der Waals surface area contributed by atoms with E-state index in [4.69, 9.17) is 16.7 Å². The van der Waals surface area contributed by atoms with Crippen LogP contribution in [0.15, 0.2) is 18.2 Å². The first kappa shape index (κ1) is 11.7. The topological polar surface area (TPSA) is 49.3 Å². The Morgan fingerprint density at radius 2 is 2.20 bits per heavy atom. The molecule has 0 bridgehead atoms. The van der Waals surface area contributed by atoms with Crippen molar-refractivity contribution in [2.75, 3.05) is 11.9 Å². The molecule has 2 N–H and O–H groups in total. The maximum Gasteiger partial charge on any atom is 0.335 e. The molecular formula is C9H8ClF2NO2. The Hall–Kier alpha value is -1.36. The first-order valence-corrected chi connectivity index (χ1v) is 4.43. The number of rotatable bonds is 4. The fraction of sp³-hybridized carbons (Fsp3) is 0.222. The van der Waals surface area contributed by atoms with Crippen molar-refractivity contribution in [3.05, 3.63) is 28.8 Å². The smallest absolute Gasteiger partial charge is 0.335 e. The summed E-state index contributed by atoms with van der Waals surface area (Å²) < 4.78 is 23.7. The molecule has 0 saturated carbocycles. The molecule has 1 rings (SSSR count). The third-order valence-corrected chi connectivity index (χ3v) is 1.98. The molecule has 0 saturated heterocycles. The van der Waals surface area contributed by atoms with Crippen LogP contribution >= 0.6 is 11.6 Å². The summed E-state index contributed by atoms with van der Waals surface area (Å²) in [5, 5.41) is 11.1. The van der Waals surface area contributed by atoms with Crippen LogP contribution in [0, 0.1) is 0 Å². The summed E-state index contributed by atoms with van der Waals surface area (Å²) >= 11 is 5.69. The average molecular weight is 236 g/mol. The zero-order valence-corrected chi connectivity index (χ0v) is 8.26. The number of alkyl halides is 2. The molecule has 82 valence electrons. The fourth-order valence-electron chi connectivity index (χ4n) is 0.979. The molecule has 0 aliphatic rings. The number of carboxylic acid groups (broad SMARTS) is 1. The summed E-state index contributed by atoms with van der Waals surface area (Å²) in [5.41, 5.74) is 0.310. The number of benzene rings is 1. The van der Waals surface area contributed by atoms with Crippen LogP contribution in [0.4, 0.5) is 14.5 Å². The summed E-state index contributed by atoms with van der Waals surface area (Å²) in [5.74, 6) is -1.11. The van der Waals surface area contributed by atoms with E-state index >= 15 is 0 Å². The average Bonchev–Trinajstić information content (AvgIpc) is 2.15. The largest absolute Gasteiger partial charge is 0.478 e. The lowest BCUT2D eigenvalue weighted by molar-refractivity contribution is 0.0697. The number of carboxylic acids is 1. The predicted molar refractivity (Wildman–Crippen MR) is 52.9 cm³/mol. The van der Waals surface area contributed by atoms with Crippen molar-refractivity contribution in [3.8, 4) is 0 Å². The maximum atomic E-state index is 11.9. The molecule has 1 aromatic rings. The van der Waals surface area contributed by atoms with E-state index in [0.717, 1.165) is 0 Å². The van der Waals surface area contributed by atoms with Crippen molar-refractivity contribution < 1.29 is 18.7 Å². The van der Waals surface area contributed by atoms with Gasteiger partial charge < -0.3 is 10.4 Å². The third-order valence-electron chi connectivity index (χ3n) is 1.66.